The Morgan fingerprint density at radius 3 is 2.57 bits per heavy atom. The first kappa shape index (κ1) is 9.75. The summed E-state index contributed by atoms with van der Waals surface area (Å²) in [5.74, 6) is 2.06. The Bertz CT molecular complexity index is 270. The second-order valence-corrected chi connectivity index (χ2v) is 4.48. The van der Waals surface area contributed by atoms with Crippen LogP contribution >= 0.6 is 0 Å². The van der Waals surface area contributed by atoms with E-state index in [0.717, 1.165) is 11.7 Å². The van der Waals surface area contributed by atoms with Crippen LogP contribution in [0.4, 0.5) is 0 Å². The third-order valence-corrected chi connectivity index (χ3v) is 3.35. The Morgan fingerprint density at radius 2 is 2.00 bits per heavy atom. The summed E-state index contributed by atoms with van der Waals surface area (Å²) in [4.78, 5) is 4.27. The summed E-state index contributed by atoms with van der Waals surface area (Å²) in [6, 6.07) is 0. The molecule has 1 aromatic rings. The standard InChI is InChI=1S/C12H20N2/c1-11-13-8-9-14(11)10-12-6-4-2-3-5-7-12/h8-9,12H,2-7,10H2,1H3. The van der Waals surface area contributed by atoms with Gasteiger partial charge in [0, 0.05) is 18.9 Å². The van der Waals surface area contributed by atoms with E-state index in [1.165, 1.54) is 45.1 Å². The fraction of sp³-hybridized carbons (Fsp3) is 0.750. The van der Waals surface area contributed by atoms with E-state index in [-0.39, 0.29) is 0 Å². The molecule has 0 amide bonds. The SMILES string of the molecule is Cc1nccn1CC1CCCCCC1. The molecule has 0 aliphatic heterocycles. The first-order valence-corrected chi connectivity index (χ1v) is 5.84. The highest BCUT2D eigenvalue weighted by molar-refractivity contribution is 4.89. The Kier molecular flexibility index (Phi) is 3.22. The average Bonchev–Trinajstić information content (AvgIpc) is 2.44. The topological polar surface area (TPSA) is 17.8 Å². The number of rotatable bonds is 2. The molecule has 0 bridgehead atoms. The van der Waals surface area contributed by atoms with Crippen LogP contribution in [0.25, 0.3) is 0 Å². The molecule has 0 N–H and O–H groups in total. The lowest BCUT2D eigenvalue weighted by Crippen LogP contribution is -2.10. The van der Waals surface area contributed by atoms with E-state index < -0.39 is 0 Å². The normalized spacial score (nSPS) is 19.5. The number of nitrogens with zero attached hydrogens (tertiary/aromatic N) is 2. The van der Waals surface area contributed by atoms with E-state index >= 15 is 0 Å². The maximum Gasteiger partial charge on any atom is 0.105 e. The fourth-order valence-electron chi connectivity index (χ4n) is 2.42. The second-order valence-electron chi connectivity index (χ2n) is 4.48. The molecule has 2 rings (SSSR count). The molecular weight excluding hydrogens is 172 g/mol. The van der Waals surface area contributed by atoms with E-state index in [1.807, 2.05) is 6.20 Å². The van der Waals surface area contributed by atoms with Crippen LogP contribution in [0.5, 0.6) is 0 Å². The largest absolute Gasteiger partial charge is 0.335 e. The van der Waals surface area contributed by atoms with Crippen molar-refractivity contribution in [2.45, 2.75) is 52.0 Å². The number of hydrogen-bond acceptors (Lipinski definition) is 1. The van der Waals surface area contributed by atoms with Crippen molar-refractivity contribution in [2.75, 3.05) is 0 Å². The van der Waals surface area contributed by atoms with Gasteiger partial charge in [0.25, 0.3) is 0 Å². The minimum atomic E-state index is 0.894. The average molecular weight is 192 g/mol. The predicted octanol–water partition coefficient (Wildman–Crippen LogP) is 3.16. The molecule has 0 saturated heterocycles. The molecule has 2 heteroatoms. The molecule has 0 radical (unpaired) electrons. The lowest BCUT2D eigenvalue weighted by Gasteiger charge is -2.15. The number of aryl methyl sites for hydroxylation is 1. The summed E-state index contributed by atoms with van der Waals surface area (Å²) < 4.78 is 2.30. The third-order valence-electron chi connectivity index (χ3n) is 3.35. The van der Waals surface area contributed by atoms with Gasteiger partial charge in [0.15, 0.2) is 0 Å². The van der Waals surface area contributed by atoms with E-state index in [0.29, 0.717) is 0 Å². The van der Waals surface area contributed by atoms with E-state index in [1.54, 1.807) is 0 Å². The molecule has 1 aliphatic carbocycles. The van der Waals surface area contributed by atoms with Gasteiger partial charge < -0.3 is 4.57 Å². The maximum atomic E-state index is 4.27. The first-order valence-electron chi connectivity index (χ1n) is 5.84. The molecular formula is C12H20N2. The minimum absolute atomic E-state index is 0.894. The van der Waals surface area contributed by atoms with Crippen LogP contribution in [0.15, 0.2) is 12.4 Å². The van der Waals surface area contributed by atoms with Crippen LogP contribution in [0.3, 0.4) is 0 Å². The van der Waals surface area contributed by atoms with Crippen molar-refractivity contribution in [1.29, 1.82) is 0 Å². The van der Waals surface area contributed by atoms with Gasteiger partial charge in [0.2, 0.25) is 0 Å². The van der Waals surface area contributed by atoms with E-state index in [9.17, 15) is 0 Å². The zero-order valence-corrected chi connectivity index (χ0v) is 9.08. The predicted molar refractivity (Wildman–Crippen MR) is 58.2 cm³/mol. The van der Waals surface area contributed by atoms with Gasteiger partial charge in [-0.15, -0.1) is 0 Å². The van der Waals surface area contributed by atoms with E-state index in [4.69, 9.17) is 0 Å². The van der Waals surface area contributed by atoms with Crippen molar-refractivity contribution >= 4 is 0 Å². The quantitative estimate of drug-likeness (QED) is 0.658. The summed E-state index contributed by atoms with van der Waals surface area (Å²) in [6.45, 7) is 3.28. The van der Waals surface area contributed by atoms with Gasteiger partial charge in [-0.1, -0.05) is 25.7 Å². The van der Waals surface area contributed by atoms with Gasteiger partial charge >= 0.3 is 0 Å². The number of imidazole rings is 1. The molecule has 0 atom stereocenters. The van der Waals surface area contributed by atoms with Gasteiger partial charge in [-0.25, -0.2) is 4.98 Å². The van der Waals surface area contributed by atoms with Crippen molar-refractivity contribution in [3.63, 3.8) is 0 Å². The zero-order valence-electron chi connectivity index (χ0n) is 9.08. The molecule has 1 aliphatic rings. The Morgan fingerprint density at radius 1 is 1.29 bits per heavy atom. The van der Waals surface area contributed by atoms with Crippen LogP contribution in [0.2, 0.25) is 0 Å². The summed E-state index contributed by atoms with van der Waals surface area (Å²) in [5.41, 5.74) is 0. The highest BCUT2D eigenvalue weighted by Gasteiger charge is 2.13. The summed E-state index contributed by atoms with van der Waals surface area (Å²) in [7, 11) is 0. The van der Waals surface area contributed by atoms with Crippen LogP contribution in [0.1, 0.15) is 44.3 Å². The molecule has 78 valence electrons. The molecule has 1 heterocycles. The third kappa shape index (κ3) is 2.37. The van der Waals surface area contributed by atoms with Crippen LogP contribution in [-0.4, -0.2) is 9.55 Å². The zero-order chi connectivity index (χ0) is 9.80. The van der Waals surface area contributed by atoms with Gasteiger partial charge in [-0.3, -0.25) is 0 Å². The van der Waals surface area contributed by atoms with Crippen LogP contribution < -0.4 is 0 Å². The number of aromatic nitrogens is 2. The van der Waals surface area contributed by atoms with E-state index in [2.05, 4.69) is 22.7 Å². The summed E-state index contributed by atoms with van der Waals surface area (Å²) in [6.07, 6.45) is 12.6. The molecule has 2 nitrogen and oxygen atoms in total. The summed E-state index contributed by atoms with van der Waals surface area (Å²) in [5, 5.41) is 0. The van der Waals surface area contributed by atoms with Crippen molar-refractivity contribution < 1.29 is 0 Å². The Balaban J connectivity index is 1.92. The number of hydrogen-bond donors (Lipinski definition) is 0. The van der Waals surface area contributed by atoms with Crippen molar-refractivity contribution in [1.82, 2.24) is 9.55 Å². The smallest absolute Gasteiger partial charge is 0.105 e. The fourth-order valence-corrected chi connectivity index (χ4v) is 2.42. The molecule has 1 saturated carbocycles. The van der Waals surface area contributed by atoms with Crippen molar-refractivity contribution in [2.24, 2.45) is 5.92 Å². The lowest BCUT2D eigenvalue weighted by molar-refractivity contribution is 0.391. The molecule has 1 aromatic heterocycles. The molecule has 0 spiro atoms. The summed E-state index contributed by atoms with van der Waals surface area (Å²) >= 11 is 0. The van der Waals surface area contributed by atoms with Gasteiger partial charge in [0.05, 0.1) is 0 Å². The molecule has 0 unspecified atom stereocenters. The molecule has 1 fully saturated rings. The minimum Gasteiger partial charge on any atom is -0.335 e. The Labute approximate surface area is 86.3 Å². The van der Waals surface area contributed by atoms with Crippen molar-refractivity contribution in [3.8, 4) is 0 Å². The maximum absolute atomic E-state index is 4.27. The second kappa shape index (κ2) is 4.63. The monoisotopic (exact) mass is 192 g/mol. The highest BCUT2D eigenvalue weighted by Crippen LogP contribution is 2.24. The molecule has 0 aromatic carbocycles. The lowest BCUT2D eigenvalue weighted by atomic mass is 10.0. The highest BCUT2D eigenvalue weighted by atomic mass is 15.1. The van der Waals surface area contributed by atoms with Gasteiger partial charge in [-0.05, 0) is 25.7 Å². The Hall–Kier alpha value is -0.790. The molecule has 14 heavy (non-hydrogen) atoms. The van der Waals surface area contributed by atoms with Crippen LogP contribution in [0, 0.1) is 12.8 Å². The van der Waals surface area contributed by atoms with Crippen LogP contribution in [-0.2, 0) is 6.54 Å². The van der Waals surface area contributed by atoms with Gasteiger partial charge in [0.1, 0.15) is 5.82 Å². The van der Waals surface area contributed by atoms with Crippen molar-refractivity contribution in [3.05, 3.63) is 18.2 Å². The first-order chi connectivity index (χ1) is 6.86. The van der Waals surface area contributed by atoms with Gasteiger partial charge in [-0.2, -0.15) is 0 Å².